The van der Waals surface area contributed by atoms with Gasteiger partial charge in [0.05, 0.1) is 17.3 Å². The summed E-state index contributed by atoms with van der Waals surface area (Å²) in [7, 11) is 0. The van der Waals surface area contributed by atoms with Crippen LogP contribution in [0.15, 0.2) is 76.9 Å². The molecule has 3 heterocycles. The lowest BCUT2D eigenvalue weighted by Crippen LogP contribution is -2.16. The number of aromatic nitrogens is 2. The maximum Gasteiger partial charge on any atom is 0.265 e. The zero-order valence-electron chi connectivity index (χ0n) is 14.7. The highest BCUT2D eigenvalue weighted by atomic mass is 32.1. The molecule has 0 atom stereocenters. The number of furan rings is 1. The molecule has 2 amide bonds. The van der Waals surface area contributed by atoms with Crippen LogP contribution in [0.3, 0.4) is 0 Å². The Hall–Kier alpha value is -3.65. The second kappa shape index (κ2) is 7.93. The number of rotatable bonds is 6. The smallest absolute Gasteiger partial charge is 0.265 e. The number of carbonyl (C=O) groups is 2. The zero-order chi connectivity index (χ0) is 19.3. The maximum absolute atomic E-state index is 12.5. The summed E-state index contributed by atoms with van der Waals surface area (Å²) in [5.74, 6) is 0.868. The van der Waals surface area contributed by atoms with Crippen molar-refractivity contribution in [2.75, 3.05) is 10.6 Å². The van der Waals surface area contributed by atoms with Crippen LogP contribution in [0.1, 0.15) is 25.8 Å². The maximum atomic E-state index is 12.5. The first kappa shape index (κ1) is 17.7. The third-order valence-corrected chi connectivity index (χ3v) is 4.86. The Morgan fingerprint density at radius 3 is 2.57 bits per heavy atom. The van der Waals surface area contributed by atoms with Gasteiger partial charge in [-0.3, -0.25) is 9.59 Å². The molecule has 0 fully saturated rings. The molecule has 3 aromatic heterocycles. The van der Waals surface area contributed by atoms with Crippen LogP contribution in [-0.2, 0) is 6.54 Å². The first-order valence-electron chi connectivity index (χ1n) is 8.49. The zero-order valence-corrected chi connectivity index (χ0v) is 15.5. The van der Waals surface area contributed by atoms with Gasteiger partial charge in [-0.05, 0) is 47.8 Å². The molecule has 4 rings (SSSR count). The van der Waals surface area contributed by atoms with Crippen LogP contribution in [0.5, 0.6) is 0 Å². The van der Waals surface area contributed by atoms with Crippen molar-refractivity contribution in [3.05, 3.63) is 88.6 Å². The van der Waals surface area contributed by atoms with E-state index in [4.69, 9.17) is 4.42 Å². The van der Waals surface area contributed by atoms with E-state index in [9.17, 15) is 9.59 Å². The molecule has 7 nitrogen and oxygen atoms in total. The van der Waals surface area contributed by atoms with E-state index in [2.05, 4.69) is 15.7 Å². The summed E-state index contributed by atoms with van der Waals surface area (Å²) in [5.41, 5.74) is 1.10. The van der Waals surface area contributed by atoms with Gasteiger partial charge in [-0.25, -0.2) is 4.68 Å². The number of benzene rings is 1. The van der Waals surface area contributed by atoms with E-state index < -0.39 is 0 Å². The predicted octanol–water partition coefficient (Wildman–Crippen LogP) is 4.09. The van der Waals surface area contributed by atoms with Crippen LogP contribution in [-0.4, -0.2) is 21.6 Å². The van der Waals surface area contributed by atoms with E-state index >= 15 is 0 Å². The first-order chi connectivity index (χ1) is 13.7. The number of nitrogens with one attached hydrogen (secondary N) is 2. The molecule has 4 aromatic rings. The van der Waals surface area contributed by atoms with Gasteiger partial charge in [0, 0.05) is 17.3 Å². The van der Waals surface area contributed by atoms with Gasteiger partial charge < -0.3 is 15.1 Å². The number of anilines is 2. The van der Waals surface area contributed by atoms with E-state index in [0.29, 0.717) is 28.5 Å². The van der Waals surface area contributed by atoms with E-state index in [1.165, 1.54) is 11.3 Å². The van der Waals surface area contributed by atoms with Crippen molar-refractivity contribution in [3.63, 3.8) is 0 Å². The molecule has 0 unspecified atom stereocenters. The van der Waals surface area contributed by atoms with Gasteiger partial charge in [-0.1, -0.05) is 6.07 Å². The van der Waals surface area contributed by atoms with Crippen LogP contribution in [0.4, 0.5) is 11.5 Å². The van der Waals surface area contributed by atoms with Gasteiger partial charge in [-0.15, -0.1) is 11.3 Å². The normalized spacial score (nSPS) is 10.6. The standard InChI is InChI=1S/C20H16N4O3S/c25-19(23-18-9-10-21-24(18)13-16-3-1-11-27-16)14-5-7-15(8-6-14)22-20(26)17-4-2-12-28-17/h1-12H,13H2,(H,22,26)(H,23,25). The van der Waals surface area contributed by atoms with Gasteiger partial charge in [0.25, 0.3) is 11.8 Å². The molecule has 0 spiro atoms. The largest absolute Gasteiger partial charge is 0.467 e. The van der Waals surface area contributed by atoms with Crippen molar-refractivity contribution in [3.8, 4) is 0 Å². The number of thiophene rings is 1. The van der Waals surface area contributed by atoms with Crippen LogP contribution in [0.25, 0.3) is 0 Å². The average Bonchev–Trinajstić information content (AvgIpc) is 3.46. The summed E-state index contributed by atoms with van der Waals surface area (Å²) in [6.45, 7) is 0.420. The van der Waals surface area contributed by atoms with Gasteiger partial charge in [0.1, 0.15) is 18.1 Å². The fraction of sp³-hybridized carbons (Fsp3) is 0.0500. The minimum Gasteiger partial charge on any atom is -0.467 e. The molecule has 0 aliphatic heterocycles. The molecular formula is C20H16N4O3S. The molecule has 28 heavy (non-hydrogen) atoms. The Labute approximate surface area is 164 Å². The molecule has 140 valence electrons. The molecule has 0 saturated carbocycles. The second-order valence-corrected chi connectivity index (χ2v) is 6.86. The minimum absolute atomic E-state index is 0.172. The molecule has 0 aliphatic carbocycles. The molecule has 2 N–H and O–H groups in total. The Morgan fingerprint density at radius 2 is 1.86 bits per heavy atom. The van der Waals surface area contributed by atoms with Gasteiger partial charge in [-0.2, -0.15) is 5.10 Å². The number of hydrogen-bond acceptors (Lipinski definition) is 5. The lowest BCUT2D eigenvalue weighted by molar-refractivity contribution is 0.102. The summed E-state index contributed by atoms with van der Waals surface area (Å²) >= 11 is 1.37. The molecule has 0 aliphatic rings. The van der Waals surface area contributed by atoms with Crippen molar-refractivity contribution in [2.45, 2.75) is 6.54 Å². The summed E-state index contributed by atoms with van der Waals surface area (Å²) in [6.07, 6.45) is 3.21. The summed E-state index contributed by atoms with van der Waals surface area (Å²) in [4.78, 5) is 25.2. The number of amides is 2. The quantitative estimate of drug-likeness (QED) is 0.517. The monoisotopic (exact) mass is 392 g/mol. The SMILES string of the molecule is O=C(Nc1ccnn1Cc1ccco1)c1ccc(NC(=O)c2cccs2)cc1. The van der Waals surface area contributed by atoms with Crippen molar-refractivity contribution >= 4 is 34.7 Å². The second-order valence-electron chi connectivity index (χ2n) is 5.92. The Bertz CT molecular complexity index is 1070. The van der Waals surface area contributed by atoms with Crippen LogP contribution in [0.2, 0.25) is 0 Å². The molecule has 1 aromatic carbocycles. The fourth-order valence-electron chi connectivity index (χ4n) is 2.61. The highest BCUT2D eigenvalue weighted by molar-refractivity contribution is 7.12. The summed E-state index contributed by atoms with van der Waals surface area (Å²) in [5, 5.41) is 11.7. The van der Waals surface area contributed by atoms with E-state index in [-0.39, 0.29) is 11.8 Å². The Balaban J connectivity index is 1.40. The summed E-state index contributed by atoms with van der Waals surface area (Å²) in [6, 6.07) is 15.7. The Kier molecular flexibility index (Phi) is 5.03. The lowest BCUT2D eigenvalue weighted by Gasteiger charge is -2.09. The number of hydrogen-bond donors (Lipinski definition) is 2. The van der Waals surface area contributed by atoms with E-state index in [1.54, 1.807) is 59.6 Å². The van der Waals surface area contributed by atoms with Crippen LogP contribution in [0, 0.1) is 0 Å². The molecule has 8 heteroatoms. The van der Waals surface area contributed by atoms with E-state index in [1.807, 2.05) is 17.5 Å². The van der Waals surface area contributed by atoms with E-state index in [0.717, 1.165) is 5.76 Å². The molecule has 0 bridgehead atoms. The first-order valence-corrected chi connectivity index (χ1v) is 9.37. The average molecular weight is 392 g/mol. The molecular weight excluding hydrogens is 376 g/mol. The van der Waals surface area contributed by atoms with Crippen molar-refractivity contribution in [1.82, 2.24) is 9.78 Å². The van der Waals surface area contributed by atoms with Crippen molar-refractivity contribution in [2.24, 2.45) is 0 Å². The van der Waals surface area contributed by atoms with Gasteiger partial charge in [0.15, 0.2) is 0 Å². The van der Waals surface area contributed by atoms with Crippen molar-refractivity contribution in [1.29, 1.82) is 0 Å². The van der Waals surface area contributed by atoms with Crippen LogP contribution >= 0.6 is 11.3 Å². The highest BCUT2D eigenvalue weighted by Gasteiger charge is 2.12. The van der Waals surface area contributed by atoms with Crippen LogP contribution < -0.4 is 10.6 Å². The molecule has 0 radical (unpaired) electrons. The van der Waals surface area contributed by atoms with Crippen molar-refractivity contribution < 1.29 is 14.0 Å². The molecule has 0 saturated heterocycles. The lowest BCUT2D eigenvalue weighted by atomic mass is 10.2. The van der Waals surface area contributed by atoms with Gasteiger partial charge in [0.2, 0.25) is 0 Å². The Morgan fingerprint density at radius 1 is 1.00 bits per heavy atom. The predicted molar refractivity (Wildman–Crippen MR) is 107 cm³/mol. The topological polar surface area (TPSA) is 89.2 Å². The third-order valence-electron chi connectivity index (χ3n) is 3.99. The fourth-order valence-corrected chi connectivity index (χ4v) is 3.23. The number of carbonyl (C=O) groups excluding carboxylic acids is 2. The minimum atomic E-state index is -0.266. The summed E-state index contributed by atoms with van der Waals surface area (Å²) < 4.78 is 6.96. The number of nitrogens with zero attached hydrogens (tertiary/aromatic N) is 2. The van der Waals surface area contributed by atoms with Gasteiger partial charge >= 0.3 is 0 Å². The third kappa shape index (κ3) is 4.02. The highest BCUT2D eigenvalue weighted by Crippen LogP contribution is 2.16.